The largest absolute Gasteiger partial charge is 0.311 e. The molecular weight excluding hydrogens is 284 g/mol. The number of halogens is 2. The van der Waals surface area contributed by atoms with Crippen LogP contribution in [-0.4, -0.2) is 23.4 Å². The van der Waals surface area contributed by atoms with Crippen LogP contribution in [0.25, 0.3) is 0 Å². The first-order valence-corrected chi connectivity index (χ1v) is 7.73. The second-order valence-electron chi connectivity index (χ2n) is 5.44. The maximum Gasteiger partial charge on any atom is 0.248 e. The summed E-state index contributed by atoms with van der Waals surface area (Å²) in [6, 6.07) is 0. The average molecular weight is 301 g/mol. The quantitative estimate of drug-likeness (QED) is 0.882. The molecule has 3 rings (SSSR count). The van der Waals surface area contributed by atoms with Crippen molar-refractivity contribution in [2.45, 2.75) is 44.6 Å². The highest BCUT2D eigenvalue weighted by molar-refractivity contribution is 7.15. The van der Waals surface area contributed by atoms with Gasteiger partial charge in [0.25, 0.3) is 0 Å². The number of hydrogen-bond acceptors (Lipinski definition) is 4. The summed E-state index contributed by atoms with van der Waals surface area (Å²) >= 11 is 1.47. The smallest absolute Gasteiger partial charge is 0.248 e. The molecule has 0 radical (unpaired) electrons. The summed E-state index contributed by atoms with van der Waals surface area (Å²) in [5, 5.41) is 6.64. The molecular formula is C13H17F2N3OS. The van der Waals surface area contributed by atoms with E-state index in [-0.39, 0.29) is 37.5 Å². The van der Waals surface area contributed by atoms with E-state index in [1.54, 1.807) is 0 Å². The predicted octanol–water partition coefficient (Wildman–Crippen LogP) is 2.55. The molecule has 1 aromatic rings. The van der Waals surface area contributed by atoms with Gasteiger partial charge in [-0.15, -0.1) is 11.3 Å². The Labute approximate surface area is 120 Å². The highest BCUT2D eigenvalue weighted by Crippen LogP contribution is 2.36. The predicted molar refractivity (Wildman–Crippen MR) is 73.1 cm³/mol. The van der Waals surface area contributed by atoms with Crippen molar-refractivity contribution in [3.63, 3.8) is 0 Å². The van der Waals surface area contributed by atoms with E-state index >= 15 is 0 Å². The number of anilines is 1. The molecule has 2 heterocycles. The number of hydrogen-bond donors (Lipinski definition) is 2. The van der Waals surface area contributed by atoms with E-state index in [2.05, 4.69) is 15.6 Å². The van der Waals surface area contributed by atoms with Crippen molar-refractivity contribution >= 4 is 22.4 Å². The van der Waals surface area contributed by atoms with Crippen LogP contribution in [0.3, 0.4) is 0 Å². The van der Waals surface area contributed by atoms with Gasteiger partial charge in [-0.05, 0) is 12.8 Å². The zero-order chi connectivity index (χ0) is 14.2. The van der Waals surface area contributed by atoms with Crippen molar-refractivity contribution in [2.75, 3.05) is 11.9 Å². The van der Waals surface area contributed by atoms with E-state index < -0.39 is 5.92 Å². The molecule has 0 unspecified atom stereocenters. The number of alkyl halides is 2. The van der Waals surface area contributed by atoms with Gasteiger partial charge >= 0.3 is 0 Å². The summed E-state index contributed by atoms with van der Waals surface area (Å²) in [7, 11) is 0. The number of aromatic nitrogens is 1. The summed E-state index contributed by atoms with van der Waals surface area (Å²) in [4.78, 5) is 17.7. The van der Waals surface area contributed by atoms with Gasteiger partial charge in [-0.2, -0.15) is 0 Å². The van der Waals surface area contributed by atoms with E-state index in [9.17, 15) is 13.6 Å². The van der Waals surface area contributed by atoms with Crippen molar-refractivity contribution in [3.8, 4) is 0 Å². The molecule has 0 saturated heterocycles. The fraction of sp³-hybridized carbons (Fsp3) is 0.692. The van der Waals surface area contributed by atoms with Crippen molar-refractivity contribution in [2.24, 2.45) is 5.92 Å². The molecule has 0 atom stereocenters. The molecule has 110 valence electrons. The van der Waals surface area contributed by atoms with E-state index in [0.717, 1.165) is 30.1 Å². The second kappa shape index (κ2) is 5.37. The molecule has 0 spiro atoms. The molecule has 7 heteroatoms. The lowest BCUT2D eigenvalue weighted by molar-refractivity contribution is -0.124. The van der Waals surface area contributed by atoms with Crippen LogP contribution in [0.2, 0.25) is 0 Å². The zero-order valence-electron chi connectivity index (χ0n) is 11.0. The van der Waals surface area contributed by atoms with E-state index in [0.29, 0.717) is 5.13 Å². The number of rotatable bonds is 2. The Kier molecular flexibility index (Phi) is 3.72. The SMILES string of the molecule is O=C(Nc1nc2c(s1)CNCC2)C1CCC(F)(F)CC1. The minimum Gasteiger partial charge on any atom is -0.311 e. The Bertz CT molecular complexity index is 484. The van der Waals surface area contributed by atoms with Crippen LogP contribution in [0.4, 0.5) is 13.9 Å². The molecule has 1 aliphatic heterocycles. The number of fused-ring (bicyclic) bond motifs is 1. The van der Waals surface area contributed by atoms with Gasteiger partial charge in [0.05, 0.1) is 5.69 Å². The Morgan fingerprint density at radius 1 is 1.40 bits per heavy atom. The van der Waals surface area contributed by atoms with Crippen LogP contribution in [0, 0.1) is 5.92 Å². The van der Waals surface area contributed by atoms with Gasteiger partial charge in [-0.25, -0.2) is 13.8 Å². The van der Waals surface area contributed by atoms with Crippen LogP contribution < -0.4 is 10.6 Å². The molecule has 1 amide bonds. The average Bonchev–Trinajstić information content (AvgIpc) is 2.80. The van der Waals surface area contributed by atoms with Crippen LogP contribution >= 0.6 is 11.3 Å². The van der Waals surface area contributed by atoms with Crippen LogP contribution in [-0.2, 0) is 17.8 Å². The van der Waals surface area contributed by atoms with Crippen molar-refractivity contribution in [1.82, 2.24) is 10.3 Å². The molecule has 1 aromatic heterocycles. The molecule has 2 N–H and O–H groups in total. The molecule has 4 nitrogen and oxygen atoms in total. The number of nitrogens with one attached hydrogen (secondary N) is 2. The van der Waals surface area contributed by atoms with Gasteiger partial charge in [0.2, 0.25) is 11.8 Å². The summed E-state index contributed by atoms with van der Waals surface area (Å²) in [6.07, 6.45) is 1.00. The van der Waals surface area contributed by atoms with Crippen LogP contribution in [0.5, 0.6) is 0 Å². The summed E-state index contributed by atoms with van der Waals surface area (Å²) < 4.78 is 26.1. The number of carbonyl (C=O) groups is 1. The van der Waals surface area contributed by atoms with Crippen molar-refractivity contribution in [1.29, 1.82) is 0 Å². The Balaban J connectivity index is 1.60. The molecule has 0 bridgehead atoms. The summed E-state index contributed by atoms with van der Waals surface area (Å²) in [5.74, 6) is -3.07. The Hall–Kier alpha value is -1.08. The van der Waals surface area contributed by atoms with Gasteiger partial charge in [0, 0.05) is 43.1 Å². The number of nitrogens with zero attached hydrogens (tertiary/aromatic N) is 1. The number of amides is 1. The number of thiazole rings is 1. The fourth-order valence-electron chi connectivity index (χ4n) is 2.69. The third kappa shape index (κ3) is 2.98. The Morgan fingerprint density at radius 2 is 2.15 bits per heavy atom. The normalized spacial score (nSPS) is 22.3. The molecule has 1 aliphatic carbocycles. The first-order chi connectivity index (χ1) is 9.53. The second-order valence-corrected chi connectivity index (χ2v) is 6.52. The topological polar surface area (TPSA) is 54.0 Å². The molecule has 1 saturated carbocycles. The van der Waals surface area contributed by atoms with Gasteiger partial charge in [-0.1, -0.05) is 0 Å². The zero-order valence-corrected chi connectivity index (χ0v) is 11.9. The van der Waals surface area contributed by atoms with Crippen molar-refractivity contribution in [3.05, 3.63) is 10.6 Å². The lowest BCUT2D eigenvalue weighted by Crippen LogP contribution is -2.31. The first-order valence-electron chi connectivity index (χ1n) is 6.91. The van der Waals surface area contributed by atoms with Gasteiger partial charge in [-0.3, -0.25) is 4.79 Å². The Morgan fingerprint density at radius 3 is 2.85 bits per heavy atom. The molecule has 1 fully saturated rings. The fourth-order valence-corrected chi connectivity index (χ4v) is 3.67. The monoisotopic (exact) mass is 301 g/mol. The summed E-state index contributed by atoms with van der Waals surface area (Å²) in [6.45, 7) is 1.69. The standard InChI is InChI=1S/C13H17F2N3OS/c14-13(15)4-1-8(2-5-13)11(19)18-12-17-9-3-6-16-7-10(9)20-12/h8,16H,1-7H2,(H,17,18,19). The minimum absolute atomic E-state index is 0.167. The maximum atomic E-state index is 13.1. The van der Waals surface area contributed by atoms with Crippen LogP contribution in [0.15, 0.2) is 0 Å². The van der Waals surface area contributed by atoms with E-state index in [4.69, 9.17) is 0 Å². The van der Waals surface area contributed by atoms with E-state index in [1.807, 2.05) is 0 Å². The van der Waals surface area contributed by atoms with Gasteiger partial charge < -0.3 is 10.6 Å². The van der Waals surface area contributed by atoms with E-state index in [1.165, 1.54) is 11.3 Å². The molecule has 2 aliphatic rings. The number of carbonyl (C=O) groups excluding carboxylic acids is 1. The lowest BCUT2D eigenvalue weighted by Gasteiger charge is -2.27. The lowest BCUT2D eigenvalue weighted by atomic mass is 9.86. The first kappa shape index (κ1) is 13.9. The third-order valence-corrected chi connectivity index (χ3v) is 4.93. The highest BCUT2D eigenvalue weighted by Gasteiger charge is 2.37. The van der Waals surface area contributed by atoms with Crippen LogP contribution in [0.1, 0.15) is 36.3 Å². The molecule has 20 heavy (non-hydrogen) atoms. The maximum absolute atomic E-state index is 13.1. The van der Waals surface area contributed by atoms with Gasteiger partial charge in [0.1, 0.15) is 0 Å². The van der Waals surface area contributed by atoms with Crippen molar-refractivity contribution < 1.29 is 13.6 Å². The minimum atomic E-state index is -2.59. The highest BCUT2D eigenvalue weighted by atomic mass is 32.1. The molecule has 0 aromatic carbocycles. The van der Waals surface area contributed by atoms with Gasteiger partial charge in [0.15, 0.2) is 5.13 Å². The third-order valence-electron chi connectivity index (χ3n) is 3.92. The summed E-state index contributed by atoms with van der Waals surface area (Å²) in [5.41, 5.74) is 1.04.